The number of halogens is 1. The van der Waals surface area contributed by atoms with E-state index in [0.717, 1.165) is 0 Å². The third-order valence-electron chi connectivity index (χ3n) is 5.29. The number of ether oxygens (including phenoxy) is 1. The minimum atomic E-state index is -0.681. The summed E-state index contributed by atoms with van der Waals surface area (Å²) in [6.07, 6.45) is 1.19. The summed E-state index contributed by atoms with van der Waals surface area (Å²) < 4.78 is 4.99. The van der Waals surface area contributed by atoms with Crippen LogP contribution in [0.2, 0.25) is 5.02 Å². The molecule has 3 rings (SSSR count). The van der Waals surface area contributed by atoms with Crippen LogP contribution in [-0.4, -0.2) is 62.1 Å². The largest absolute Gasteiger partial charge is 0.383 e. The van der Waals surface area contributed by atoms with Crippen molar-refractivity contribution in [2.45, 2.75) is 18.9 Å². The van der Waals surface area contributed by atoms with Gasteiger partial charge in [-0.3, -0.25) is 9.59 Å². The molecule has 4 amide bonds. The van der Waals surface area contributed by atoms with E-state index in [2.05, 4.69) is 16.0 Å². The quantitative estimate of drug-likeness (QED) is 0.507. The number of amides is 4. The van der Waals surface area contributed by atoms with E-state index in [-0.39, 0.29) is 23.8 Å². The van der Waals surface area contributed by atoms with Crippen molar-refractivity contribution in [2.24, 2.45) is 5.92 Å². The van der Waals surface area contributed by atoms with Crippen LogP contribution in [0.5, 0.6) is 0 Å². The van der Waals surface area contributed by atoms with E-state index in [1.54, 1.807) is 48.4 Å². The van der Waals surface area contributed by atoms with Crippen molar-refractivity contribution >= 4 is 46.5 Å². The summed E-state index contributed by atoms with van der Waals surface area (Å²) in [5.41, 5.74) is 0.628. The highest BCUT2D eigenvalue weighted by molar-refractivity contribution is 7.12. The van der Waals surface area contributed by atoms with Gasteiger partial charge in [0, 0.05) is 37.5 Å². The Morgan fingerprint density at radius 1 is 1.22 bits per heavy atom. The minimum absolute atomic E-state index is 0.0864. The predicted octanol–water partition coefficient (Wildman–Crippen LogP) is 3.21. The standard InChI is InChI=1S/C22H27ClN4O4S/c1-31-12-9-24-21(29)19(26-20(28)18-6-3-13-32-18)15-7-10-27(11-8-15)22(30)25-17-5-2-4-16(23)14-17/h2-6,13-15,19H,7-12H2,1H3,(H,24,29)(H,25,30)(H,26,28)/t19-/m0/s1. The number of thiophene rings is 1. The molecule has 0 unspecified atom stereocenters. The van der Waals surface area contributed by atoms with E-state index < -0.39 is 6.04 Å². The van der Waals surface area contributed by atoms with Gasteiger partial charge < -0.3 is 25.6 Å². The SMILES string of the molecule is COCCNC(=O)[C@@H](NC(=O)c1cccs1)C1CCN(C(=O)Nc2cccc(Cl)c2)CC1. The summed E-state index contributed by atoms with van der Waals surface area (Å²) in [7, 11) is 1.56. The van der Waals surface area contributed by atoms with Gasteiger partial charge in [0.05, 0.1) is 11.5 Å². The Morgan fingerprint density at radius 3 is 2.66 bits per heavy atom. The molecule has 1 atom stereocenters. The van der Waals surface area contributed by atoms with Gasteiger partial charge in [0.1, 0.15) is 6.04 Å². The Bertz CT molecular complexity index is 916. The van der Waals surface area contributed by atoms with Gasteiger partial charge in [0.15, 0.2) is 0 Å². The molecule has 1 fully saturated rings. The molecule has 1 aliphatic rings. The fraction of sp³-hybridized carbons (Fsp3) is 0.409. The highest BCUT2D eigenvalue weighted by Gasteiger charge is 2.34. The third kappa shape index (κ3) is 6.69. The average Bonchev–Trinajstić information content (AvgIpc) is 3.33. The molecular formula is C22H27ClN4O4S. The predicted molar refractivity (Wildman–Crippen MR) is 125 cm³/mol. The highest BCUT2D eigenvalue weighted by Crippen LogP contribution is 2.23. The first-order valence-electron chi connectivity index (χ1n) is 10.4. The molecule has 3 N–H and O–H groups in total. The molecular weight excluding hydrogens is 452 g/mol. The van der Waals surface area contributed by atoms with Gasteiger partial charge in [-0.15, -0.1) is 11.3 Å². The number of nitrogens with zero attached hydrogens (tertiary/aromatic N) is 1. The average molecular weight is 479 g/mol. The van der Waals surface area contributed by atoms with E-state index in [0.29, 0.717) is 54.7 Å². The number of carbonyl (C=O) groups is 3. The molecule has 2 aromatic rings. The van der Waals surface area contributed by atoms with Crippen molar-refractivity contribution in [3.63, 3.8) is 0 Å². The number of hydrogen-bond acceptors (Lipinski definition) is 5. The number of methoxy groups -OCH3 is 1. The molecule has 0 saturated carbocycles. The van der Waals surface area contributed by atoms with Crippen LogP contribution in [-0.2, 0) is 9.53 Å². The molecule has 0 bridgehead atoms. The Morgan fingerprint density at radius 2 is 2.00 bits per heavy atom. The molecule has 1 aliphatic heterocycles. The highest BCUT2D eigenvalue weighted by atomic mass is 35.5. The Balaban J connectivity index is 1.60. The zero-order valence-electron chi connectivity index (χ0n) is 17.8. The molecule has 0 spiro atoms. The zero-order chi connectivity index (χ0) is 22.9. The van der Waals surface area contributed by atoms with Crippen molar-refractivity contribution in [1.82, 2.24) is 15.5 Å². The van der Waals surface area contributed by atoms with Crippen molar-refractivity contribution in [2.75, 3.05) is 38.7 Å². The normalized spacial score (nSPS) is 15.1. The first kappa shape index (κ1) is 24.0. The smallest absolute Gasteiger partial charge is 0.321 e. The molecule has 1 aromatic heterocycles. The van der Waals surface area contributed by atoms with Gasteiger partial charge in [0.25, 0.3) is 5.91 Å². The third-order valence-corrected chi connectivity index (χ3v) is 6.40. The lowest BCUT2D eigenvalue weighted by Crippen LogP contribution is -2.54. The lowest BCUT2D eigenvalue weighted by molar-refractivity contribution is -0.124. The summed E-state index contributed by atoms with van der Waals surface area (Å²) in [6.45, 7) is 1.71. The van der Waals surface area contributed by atoms with Gasteiger partial charge in [-0.2, -0.15) is 0 Å². The second-order valence-electron chi connectivity index (χ2n) is 7.48. The van der Waals surface area contributed by atoms with Crippen LogP contribution in [0.4, 0.5) is 10.5 Å². The molecule has 0 aliphatic carbocycles. The number of hydrogen-bond donors (Lipinski definition) is 3. The van der Waals surface area contributed by atoms with Crippen molar-refractivity contribution < 1.29 is 19.1 Å². The van der Waals surface area contributed by atoms with Crippen LogP contribution in [0.25, 0.3) is 0 Å². The maximum absolute atomic E-state index is 12.8. The van der Waals surface area contributed by atoms with E-state index >= 15 is 0 Å². The van der Waals surface area contributed by atoms with Crippen LogP contribution < -0.4 is 16.0 Å². The van der Waals surface area contributed by atoms with Gasteiger partial charge >= 0.3 is 6.03 Å². The number of urea groups is 1. The monoisotopic (exact) mass is 478 g/mol. The number of rotatable bonds is 8. The minimum Gasteiger partial charge on any atom is -0.383 e. The summed E-state index contributed by atoms with van der Waals surface area (Å²) in [5.74, 6) is -0.599. The zero-order valence-corrected chi connectivity index (χ0v) is 19.4. The maximum Gasteiger partial charge on any atom is 0.321 e. The van der Waals surface area contributed by atoms with Crippen LogP contribution in [0.3, 0.4) is 0 Å². The number of anilines is 1. The van der Waals surface area contributed by atoms with Crippen LogP contribution in [0.15, 0.2) is 41.8 Å². The molecule has 172 valence electrons. The van der Waals surface area contributed by atoms with Crippen molar-refractivity contribution in [1.29, 1.82) is 0 Å². The number of likely N-dealkylation sites (tertiary alicyclic amines) is 1. The Hall–Kier alpha value is -2.62. The first-order valence-corrected chi connectivity index (χ1v) is 11.7. The van der Waals surface area contributed by atoms with Crippen LogP contribution >= 0.6 is 22.9 Å². The van der Waals surface area contributed by atoms with Gasteiger partial charge in [0.2, 0.25) is 5.91 Å². The van der Waals surface area contributed by atoms with E-state index in [4.69, 9.17) is 16.3 Å². The number of benzene rings is 1. The lowest BCUT2D eigenvalue weighted by Gasteiger charge is -2.35. The first-order chi connectivity index (χ1) is 15.5. The fourth-order valence-corrected chi connectivity index (χ4v) is 4.43. The number of carbonyl (C=O) groups excluding carboxylic acids is 3. The van der Waals surface area contributed by atoms with Crippen molar-refractivity contribution in [3.05, 3.63) is 51.7 Å². The summed E-state index contributed by atoms with van der Waals surface area (Å²) in [6, 6.07) is 9.60. The van der Waals surface area contributed by atoms with E-state index in [9.17, 15) is 14.4 Å². The topological polar surface area (TPSA) is 99.8 Å². The second kappa shape index (κ2) is 11.8. The Labute approximate surface area is 196 Å². The number of piperidine rings is 1. The maximum atomic E-state index is 12.8. The Kier molecular flexibility index (Phi) is 8.90. The summed E-state index contributed by atoms with van der Waals surface area (Å²) in [4.78, 5) is 40.3. The summed E-state index contributed by atoms with van der Waals surface area (Å²) >= 11 is 7.30. The van der Waals surface area contributed by atoms with Crippen LogP contribution in [0, 0.1) is 5.92 Å². The molecule has 1 saturated heterocycles. The molecule has 1 aromatic carbocycles. The molecule has 2 heterocycles. The van der Waals surface area contributed by atoms with Crippen LogP contribution in [0.1, 0.15) is 22.5 Å². The van der Waals surface area contributed by atoms with Gasteiger partial charge in [-0.25, -0.2) is 4.79 Å². The molecule has 10 heteroatoms. The molecule has 32 heavy (non-hydrogen) atoms. The van der Waals surface area contributed by atoms with E-state index in [1.807, 2.05) is 5.38 Å². The van der Waals surface area contributed by atoms with Gasteiger partial charge in [-0.05, 0) is 48.4 Å². The number of nitrogens with one attached hydrogen (secondary N) is 3. The summed E-state index contributed by atoms with van der Waals surface area (Å²) in [5, 5.41) is 10.9. The van der Waals surface area contributed by atoms with Crippen molar-refractivity contribution in [3.8, 4) is 0 Å². The van der Waals surface area contributed by atoms with E-state index in [1.165, 1.54) is 11.3 Å². The fourth-order valence-electron chi connectivity index (χ4n) is 3.61. The van der Waals surface area contributed by atoms with Gasteiger partial charge in [-0.1, -0.05) is 23.7 Å². The molecule has 8 nitrogen and oxygen atoms in total. The lowest BCUT2D eigenvalue weighted by atomic mass is 9.88. The second-order valence-corrected chi connectivity index (χ2v) is 8.86. The molecule has 0 radical (unpaired) electrons.